The summed E-state index contributed by atoms with van der Waals surface area (Å²) in [5, 5.41) is 31.9. The van der Waals surface area contributed by atoms with Gasteiger partial charge in [-0.05, 0) is 41.8 Å². The molecule has 0 bridgehead atoms. The molecule has 4 atom stereocenters. The van der Waals surface area contributed by atoms with Crippen LogP contribution in [0.2, 0.25) is 5.02 Å². The number of benzene rings is 2. The molecule has 0 unspecified atom stereocenters. The summed E-state index contributed by atoms with van der Waals surface area (Å²) in [7, 11) is 0. The number of ether oxygens (including phenoxy) is 2. The molecule has 0 aromatic heterocycles. The Labute approximate surface area is 145 Å². The van der Waals surface area contributed by atoms with Gasteiger partial charge in [0.1, 0.15) is 24.1 Å². The summed E-state index contributed by atoms with van der Waals surface area (Å²) < 4.78 is 10.4. The third-order valence-electron chi connectivity index (χ3n) is 3.95. The van der Waals surface area contributed by atoms with Crippen LogP contribution in [0.5, 0.6) is 5.75 Å². The van der Waals surface area contributed by atoms with Gasteiger partial charge in [0.2, 0.25) is 0 Å². The largest absolute Gasteiger partial charge is 0.828 e. The molecule has 5 nitrogen and oxygen atoms in total. The number of hydrogen-bond acceptors (Lipinski definition) is 5. The minimum absolute atomic E-state index is 0.185. The van der Waals surface area contributed by atoms with E-state index in [2.05, 4.69) is 0 Å². The fourth-order valence-corrected chi connectivity index (χ4v) is 2.70. The van der Waals surface area contributed by atoms with Crippen LogP contribution >= 0.6 is 11.6 Å². The zero-order valence-electron chi connectivity index (χ0n) is 12.8. The van der Waals surface area contributed by atoms with Crippen molar-refractivity contribution in [3.63, 3.8) is 0 Å². The molecule has 2 N–H and O–H groups in total. The van der Waals surface area contributed by atoms with E-state index in [1.807, 2.05) is 36.4 Å². The van der Waals surface area contributed by atoms with Gasteiger partial charge in [-0.3, -0.25) is 0 Å². The van der Waals surface area contributed by atoms with Crippen LogP contribution in [0.1, 0.15) is 11.1 Å². The molecule has 1 saturated heterocycles. The van der Waals surface area contributed by atoms with E-state index in [9.17, 15) is 15.3 Å². The maximum Gasteiger partial charge on any atom is 0.138 e. The molecule has 2 aromatic rings. The van der Waals surface area contributed by atoms with E-state index < -0.39 is 24.6 Å². The maximum atomic E-state index is 11.7. The Kier molecular flexibility index (Phi) is 5.38. The van der Waals surface area contributed by atoms with Crippen molar-refractivity contribution in [2.75, 3.05) is 6.61 Å². The van der Waals surface area contributed by atoms with E-state index in [1.54, 1.807) is 12.1 Å². The minimum atomic E-state index is -1.53. The quantitative estimate of drug-likeness (QED) is 0.864. The molecule has 1 heterocycles. The summed E-state index contributed by atoms with van der Waals surface area (Å²) in [4.78, 5) is 0. The van der Waals surface area contributed by atoms with Crippen molar-refractivity contribution in [1.82, 2.24) is 0 Å². The fourth-order valence-electron chi connectivity index (χ4n) is 2.57. The lowest BCUT2D eigenvalue weighted by Gasteiger charge is -2.41. The van der Waals surface area contributed by atoms with Crippen molar-refractivity contribution < 1.29 is 24.8 Å². The molecule has 3 rings (SSSR count). The van der Waals surface area contributed by atoms with Gasteiger partial charge in [0.15, 0.2) is 0 Å². The fraction of sp³-hybridized carbons (Fsp3) is 0.333. The summed E-state index contributed by atoms with van der Waals surface area (Å²) in [6, 6.07) is 14.8. The van der Waals surface area contributed by atoms with Crippen LogP contribution in [0.15, 0.2) is 48.5 Å². The Morgan fingerprint density at radius 1 is 1.04 bits per heavy atom. The smallest absolute Gasteiger partial charge is 0.138 e. The molecular formula is C18H18ClO5-. The Morgan fingerprint density at radius 2 is 1.62 bits per heavy atom. The highest BCUT2D eigenvalue weighted by Crippen LogP contribution is 2.22. The average Bonchev–Trinajstić information content (AvgIpc) is 2.59. The monoisotopic (exact) mass is 349 g/mol. The van der Waals surface area contributed by atoms with Gasteiger partial charge in [-0.25, -0.2) is 0 Å². The van der Waals surface area contributed by atoms with Gasteiger partial charge in [0, 0.05) is 11.3 Å². The normalized spacial score (nSPS) is 27.0. The Bertz CT molecular complexity index is 658. The van der Waals surface area contributed by atoms with Crippen LogP contribution in [-0.2, 0) is 11.2 Å². The molecule has 6 heteroatoms. The topological polar surface area (TPSA) is 82.0 Å². The van der Waals surface area contributed by atoms with Crippen molar-refractivity contribution >= 4 is 11.6 Å². The third-order valence-corrected chi connectivity index (χ3v) is 4.20. The molecule has 0 spiro atoms. The van der Waals surface area contributed by atoms with Crippen LogP contribution in [0.4, 0.5) is 0 Å². The molecule has 0 amide bonds. The first-order valence-electron chi connectivity index (χ1n) is 7.66. The summed E-state index contributed by atoms with van der Waals surface area (Å²) in [5.41, 5.74) is 2.20. The van der Waals surface area contributed by atoms with E-state index in [1.165, 1.54) is 0 Å². The molecule has 0 radical (unpaired) electrons. The SMILES string of the molecule is [O-][C@@H]1OC[C@@H](O)[C@H](O)[C@H]1Oc1ccc(Cc2ccc(Cl)cc2)cc1. The second kappa shape index (κ2) is 7.51. The summed E-state index contributed by atoms with van der Waals surface area (Å²) in [6.07, 6.45) is -4.32. The highest BCUT2D eigenvalue weighted by molar-refractivity contribution is 6.30. The van der Waals surface area contributed by atoms with Gasteiger partial charge in [-0.1, -0.05) is 35.9 Å². The highest BCUT2D eigenvalue weighted by Gasteiger charge is 2.35. The Hall–Kier alpha value is -1.63. The van der Waals surface area contributed by atoms with Crippen LogP contribution in [0.3, 0.4) is 0 Å². The molecule has 0 saturated carbocycles. The zero-order chi connectivity index (χ0) is 17.1. The van der Waals surface area contributed by atoms with Crippen molar-refractivity contribution in [3.05, 3.63) is 64.7 Å². The summed E-state index contributed by atoms with van der Waals surface area (Å²) in [6.45, 7) is -0.185. The molecule has 1 aliphatic heterocycles. The van der Waals surface area contributed by atoms with Gasteiger partial charge < -0.3 is 24.8 Å². The predicted octanol–water partition coefficient (Wildman–Crippen LogP) is 1.12. The second-order valence-electron chi connectivity index (χ2n) is 5.79. The van der Waals surface area contributed by atoms with Gasteiger partial charge in [-0.2, -0.15) is 0 Å². The molecule has 1 fully saturated rings. The number of halogens is 1. The number of rotatable bonds is 4. The number of hydrogen-bond donors (Lipinski definition) is 2. The molecule has 1 aliphatic rings. The van der Waals surface area contributed by atoms with Gasteiger partial charge >= 0.3 is 0 Å². The van der Waals surface area contributed by atoms with Crippen molar-refractivity contribution in [1.29, 1.82) is 0 Å². The van der Waals surface area contributed by atoms with Gasteiger partial charge in [0.25, 0.3) is 0 Å². The van der Waals surface area contributed by atoms with Crippen LogP contribution in [0.25, 0.3) is 0 Å². The van der Waals surface area contributed by atoms with E-state index in [4.69, 9.17) is 21.1 Å². The van der Waals surface area contributed by atoms with Crippen LogP contribution < -0.4 is 9.84 Å². The Balaban J connectivity index is 1.64. The highest BCUT2D eigenvalue weighted by atomic mass is 35.5. The second-order valence-corrected chi connectivity index (χ2v) is 6.23. The molecular weight excluding hydrogens is 332 g/mol. The van der Waals surface area contributed by atoms with Crippen LogP contribution in [0, 0.1) is 0 Å². The Morgan fingerprint density at radius 3 is 2.25 bits per heavy atom. The lowest BCUT2D eigenvalue weighted by atomic mass is 10.0. The zero-order valence-corrected chi connectivity index (χ0v) is 13.6. The first-order chi connectivity index (χ1) is 11.5. The first-order valence-corrected chi connectivity index (χ1v) is 8.04. The summed E-state index contributed by atoms with van der Waals surface area (Å²) in [5.74, 6) is 0.442. The standard InChI is InChI=1S/C18H18ClO5/c19-13-5-1-11(2-6-13)9-12-3-7-14(8-4-12)24-17-16(21)15(20)10-23-18(17)22/h1-8,15-18,20-21H,9-10H2/q-1/t15-,16+,17-,18-/m1/s1. The lowest BCUT2D eigenvalue weighted by Crippen LogP contribution is -2.60. The maximum absolute atomic E-state index is 11.7. The van der Waals surface area contributed by atoms with E-state index >= 15 is 0 Å². The average molecular weight is 350 g/mol. The number of aliphatic hydroxyl groups excluding tert-OH is 2. The molecule has 128 valence electrons. The van der Waals surface area contributed by atoms with E-state index in [0.29, 0.717) is 10.8 Å². The van der Waals surface area contributed by atoms with Gasteiger partial charge in [-0.15, -0.1) is 0 Å². The summed E-state index contributed by atoms with van der Waals surface area (Å²) >= 11 is 5.87. The number of aliphatic hydroxyl groups is 2. The first kappa shape index (κ1) is 17.2. The van der Waals surface area contributed by atoms with Crippen molar-refractivity contribution in [3.8, 4) is 5.75 Å². The van der Waals surface area contributed by atoms with Crippen molar-refractivity contribution in [2.45, 2.75) is 31.0 Å². The van der Waals surface area contributed by atoms with E-state index in [0.717, 1.165) is 17.5 Å². The van der Waals surface area contributed by atoms with Gasteiger partial charge in [0.05, 0.1) is 6.61 Å². The lowest BCUT2D eigenvalue weighted by molar-refractivity contribution is -0.521. The third kappa shape index (κ3) is 4.06. The predicted molar refractivity (Wildman–Crippen MR) is 86.9 cm³/mol. The van der Waals surface area contributed by atoms with Crippen LogP contribution in [-0.4, -0.2) is 41.4 Å². The minimum Gasteiger partial charge on any atom is -0.828 e. The van der Waals surface area contributed by atoms with E-state index in [-0.39, 0.29) is 6.61 Å². The molecule has 24 heavy (non-hydrogen) atoms. The van der Waals surface area contributed by atoms with Crippen molar-refractivity contribution in [2.24, 2.45) is 0 Å². The molecule has 0 aliphatic carbocycles. The molecule has 2 aromatic carbocycles.